The molecule has 0 saturated heterocycles. The Balaban J connectivity index is 2.40. The largest absolute Gasteiger partial charge is 0.497 e. The molecule has 1 aromatic carbocycles. The Bertz CT molecular complexity index is 357. The van der Waals surface area contributed by atoms with Crippen LogP contribution >= 0.6 is 0 Å². The second-order valence-corrected chi connectivity index (χ2v) is 3.05. The van der Waals surface area contributed by atoms with Gasteiger partial charge in [0.15, 0.2) is 0 Å². The highest BCUT2D eigenvalue weighted by atomic mass is 16.5. The van der Waals surface area contributed by atoms with Crippen molar-refractivity contribution in [3.8, 4) is 5.75 Å². The Hall–Kier alpha value is -1.97. The molecule has 0 atom stereocenters. The van der Waals surface area contributed by atoms with E-state index in [1.54, 1.807) is 7.11 Å². The number of ether oxygens (including phenoxy) is 2. The standard InChI is InChI=1S/C12H15NO3/c1-15-11-7-5-10(6-8-11)4-3-9-13-12(14)16-2/h3-8H,9H2,1-2H3,(H,13,14). The van der Waals surface area contributed by atoms with Gasteiger partial charge in [-0.05, 0) is 17.7 Å². The van der Waals surface area contributed by atoms with Crippen molar-refractivity contribution in [1.82, 2.24) is 5.32 Å². The van der Waals surface area contributed by atoms with E-state index in [2.05, 4.69) is 10.1 Å². The maximum Gasteiger partial charge on any atom is 0.407 e. The van der Waals surface area contributed by atoms with Gasteiger partial charge >= 0.3 is 6.09 Å². The second kappa shape index (κ2) is 6.50. The maximum absolute atomic E-state index is 10.7. The van der Waals surface area contributed by atoms with Crippen molar-refractivity contribution in [1.29, 1.82) is 0 Å². The molecule has 1 rings (SSSR count). The van der Waals surface area contributed by atoms with Crippen molar-refractivity contribution < 1.29 is 14.3 Å². The molecule has 0 fully saturated rings. The van der Waals surface area contributed by atoms with Gasteiger partial charge in [-0.25, -0.2) is 4.79 Å². The highest BCUT2D eigenvalue weighted by Crippen LogP contribution is 2.11. The summed E-state index contributed by atoms with van der Waals surface area (Å²) >= 11 is 0. The first-order chi connectivity index (χ1) is 7.76. The Kier molecular flexibility index (Phi) is 4.92. The molecule has 0 heterocycles. The molecule has 4 heteroatoms. The van der Waals surface area contributed by atoms with E-state index in [9.17, 15) is 4.79 Å². The molecule has 0 aromatic heterocycles. The van der Waals surface area contributed by atoms with Gasteiger partial charge in [-0.3, -0.25) is 0 Å². The molecule has 0 aliphatic rings. The fourth-order valence-corrected chi connectivity index (χ4v) is 1.12. The van der Waals surface area contributed by atoms with E-state index in [-0.39, 0.29) is 0 Å². The quantitative estimate of drug-likeness (QED) is 0.846. The molecule has 4 nitrogen and oxygen atoms in total. The SMILES string of the molecule is COC(=O)NCC=Cc1ccc(OC)cc1. The van der Waals surface area contributed by atoms with Crippen molar-refractivity contribution >= 4 is 12.2 Å². The van der Waals surface area contributed by atoms with Crippen molar-refractivity contribution in [2.24, 2.45) is 0 Å². The minimum absolute atomic E-state index is 0.431. The third kappa shape index (κ3) is 4.04. The number of carbonyl (C=O) groups excluding carboxylic acids is 1. The van der Waals surface area contributed by atoms with E-state index < -0.39 is 6.09 Å². The lowest BCUT2D eigenvalue weighted by Crippen LogP contribution is -2.22. The molecular weight excluding hydrogens is 206 g/mol. The lowest BCUT2D eigenvalue weighted by molar-refractivity contribution is 0.172. The van der Waals surface area contributed by atoms with Crippen LogP contribution in [-0.2, 0) is 4.74 Å². The average Bonchev–Trinajstić information content (AvgIpc) is 2.35. The van der Waals surface area contributed by atoms with Gasteiger partial charge < -0.3 is 14.8 Å². The van der Waals surface area contributed by atoms with Gasteiger partial charge in [0.2, 0.25) is 0 Å². The summed E-state index contributed by atoms with van der Waals surface area (Å²) in [6, 6.07) is 7.64. The Labute approximate surface area is 94.9 Å². The summed E-state index contributed by atoms with van der Waals surface area (Å²) in [6.45, 7) is 0.443. The molecule has 0 aliphatic heterocycles. The van der Waals surface area contributed by atoms with Crippen LogP contribution in [0.4, 0.5) is 4.79 Å². The number of amides is 1. The topological polar surface area (TPSA) is 47.6 Å². The zero-order chi connectivity index (χ0) is 11.8. The van der Waals surface area contributed by atoms with Gasteiger partial charge in [-0.2, -0.15) is 0 Å². The Morgan fingerprint density at radius 3 is 2.56 bits per heavy atom. The van der Waals surface area contributed by atoms with Crippen molar-refractivity contribution in [3.63, 3.8) is 0 Å². The van der Waals surface area contributed by atoms with Crippen LogP contribution in [0, 0.1) is 0 Å². The first kappa shape index (κ1) is 12.1. The Morgan fingerprint density at radius 1 is 1.31 bits per heavy atom. The molecule has 0 aliphatic carbocycles. The third-order valence-electron chi connectivity index (χ3n) is 1.98. The summed E-state index contributed by atoms with van der Waals surface area (Å²) in [5.41, 5.74) is 1.05. The van der Waals surface area contributed by atoms with Gasteiger partial charge in [0.25, 0.3) is 0 Å². The molecular formula is C12H15NO3. The van der Waals surface area contributed by atoms with E-state index in [0.29, 0.717) is 6.54 Å². The van der Waals surface area contributed by atoms with Gasteiger partial charge in [0, 0.05) is 6.54 Å². The molecule has 16 heavy (non-hydrogen) atoms. The van der Waals surface area contributed by atoms with Crippen LogP contribution in [0.5, 0.6) is 5.75 Å². The number of nitrogens with one attached hydrogen (secondary N) is 1. The van der Waals surface area contributed by atoms with E-state index in [0.717, 1.165) is 11.3 Å². The molecule has 1 aromatic rings. The fraction of sp³-hybridized carbons (Fsp3) is 0.250. The highest BCUT2D eigenvalue weighted by Gasteiger charge is 1.93. The summed E-state index contributed by atoms with van der Waals surface area (Å²) in [4.78, 5) is 10.7. The first-order valence-corrected chi connectivity index (χ1v) is 4.88. The normalized spacial score (nSPS) is 10.1. The minimum atomic E-state index is -0.431. The number of alkyl carbamates (subject to hydrolysis) is 1. The molecule has 0 bridgehead atoms. The van der Waals surface area contributed by atoms with Crippen LogP contribution in [0.2, 0.25) is 0 Å². The summed E-state index contributed by atoms with van der Waals surface area (Å²) in [5, 5.41) is 2.55. The molecule has 0 saturated carbocycles. The third-order valence-corrected chi connectivity index (χ3v) is 1.98. The smallest absolute Gasteiger partial charge is 0.407 e. The molecule has 86 valence electrons. The van der Waals surface area contributed by atoms with E-state index in [4.69, 9.17) is 4.74 Å². The number of methoxy groups -OCH3 is 2. The number of carbonyl (C=O) groups is 1. The minimum Gasteiger partial charge on any atom is -0.497 e. The van der Waals surface area contributed by atoms with Crippen LogP contribution < -0.4 is 10.1 Å². The van der Waals surface area contributed by atoms with Gasteiger partial charge in [0.05, 0.1) is 14.2 Å². The monoisotopic (exact) mass is 221 g/mol. The van der Waals surface area contributed by atoms with E-state index in [1.807, 2.05) is 36.4 Å². The molecule has 0 spiro atoms. The summed E-state index contributed by atoms with van der Waals surface area (Å²) in [6.07, 6.45) is 3.33. The van der Waals surface area contributed by atoms with Crippen molar-refractivity contribution in [3.05, 3.63) is 35.9 Å². The van der Waals surface area contributed by atoms with Crippen molar-refractivity contribution in [2.45, 2.75) is 0 Å². The Morgan fingerprint density at radius 2 is 2.00 bits per heavy atom. The molecule has 0 radical (unpaired) electrons. The number of rotatable bonds is 4. The molecule has 0 unspecified atom stereocenters. The predicted octanol–water partition coefficient (Wildman–Crippen LogP) is 2.06. The van der Waals surface area contributed by atoms with Crippen LogP contribution in [-0.4, -0.2) is 26.9 Å². The zero-order valence-electron chi connectivity index (χ0n) is 9.40. The highest BCUT2D eigenvalue weighted by molar-refractivity contribution is 5.67. The fourth-order valence-electron chi connectivity index (χ4n) is 1.12. The average molecular weight is 221 g/mol. The lowest BCUT2D eigenvalue weighted by Gasteiger charge is -2.00. The number of hydrogen-bond donors (Lipinski definition) is 1. The van der Waals surface area contributed by atoms with Gasteiger partial charge in [0.1, 0.15) is 5.75 Å². The summed E-state index contributed by atoms with van der Waals surface area (Å²) < 4.78 is 9.48. The van der Waals surface area contributed by atoms with E-state index in [1.165, 1.54) is 7.11 Å². The summed E-state index contributed by atoms with van der Waals surface area (Å²) in [7, 11) is 2.97. The first-order valence-electron chi connectivity index (χ1n) is 4.88. The van der Waals surface area contributed by atoms with Crippen LogP contribution in [0.15, 0.2) is 30.3 Å². The van der Waals surface area contributed by atoms with Crippen LogP contribution in [0.1, 0.15) is 5.56 Å². The van der Waals surface area contributed by atoms with Crippen molar-refractivity contribution in [2.75, 3.05) is 20.8 Å². The molecule has 1 N–H and O–H groups in total. The zero-order valence-corrected chi connectivity index (χ0v) is 9.40. The van der Waals surface area contributed by atoms with Gasteiger partial charge in [-0.15, -0.1) is 0 Å². The second-order valence-electron chi connectivity index (χ2n) is 3.05. The summed E-state index contributed by atoms with van der Waals surface area (Å²) in [5.74, 6) is 0.824. The van der Waals surface area contributed by atoms with Gasteiger partial charge in [-0.1, -0.05) is 24.3 Å². The number of benzene rings is 1. The van der Waals surface area contributed by atoms with E-state index >= 15 is 0 Å². The maximum atomic E-state index is 10.7. The molecule has 1 amide bonds. The van der Waals surface area contributed by atoms with Crippen LogP contribution in [0.3, 0.4) is 0 Å². The number of hydrogen-bond acceptors (Lipinski definition) is 3. The van der Waals surface area contributed by atoms with Crippen LogP contribution in [0.25, 0.3) is 6.08 Å². The lowest BCUT2D eigenvalue weighted by atomic mass is 10.2. The predicted molar refractivity (Wildman–Crippen MR) is 62.4 cm³/mol.